The van der Waals surface area contributed by atoms with Crippen LogP contribution in [-0.2, 0) is 0 Å². The Morgan fingerprint density at radius 3 is 2.81 bits per heavy atom. The van der Waals surface area contributed by atoms with Gasteiger partial charge in [0, 0.05) is 22.2 Å². The van der Waals surface area contributed by atoms with Crippen LogP contribution < -0.4 is 5.32 Å². The highest BCUT2D eigenvalue weighted by Gasteiger charge is 2.39. The number of anilines is 1. The minimum absolute atomic E-state index is 0.0893. The molecule has 3 atom stereocenters. The second-order valence-corrected chi connectivity index (χ2v) is 6.11. The first-order valence-electron chi connectivity index (χ1n) is 7.22. The van der Waals surface area contributed by atoms with Crippen LogP contribution in [0.15, 0.2) is 54.6 Å². The number of rotatable bonds is 1. The third-order valence-electron chi connectivity index (χ3n) is 4.58. The van der Waals surface area contributed by atoms with Gasteiger partial charge in [-0.25, -0.2) is 4.39 Å². The summed E-state index contributed by atoms with van der Waals surface area (Å²) in [4.78, 5) is 0. The molecule has 0 aromatic heterocycles. The quantitative estimate of drug-likeness (QED) is 0.704. The van der Waals surface area contributed by atoms with E-state index in [9.17, 15) is 4.39 Å². The molecule has 0 saturated heterocycles. The van der Waals surface area contributed by atoms with E-state index in [1.54, 1.807) is 12.1 Å². The van der Waals surface area contributed by atoms with Gasteiger partial charge in [-0.15, -0.1) is 0 Å². The van der Waals surface area contributed by atoms with Gasteiger partial charge in [0.1, 0.15) is 5.82 Å². The molecule has 2 aliphatic rings. The molecule has 1 aliphatic heterocycles. The molecule has 0 saturated carbocycles. The molecule has 1 nitrogen and oxygen atoms in total. The van der Waals surface area contributed by atoms with Gasteiger partial charge in [0.2, 0.25) is 0 Å². The second-order valence-electron chi connectivity index (χ2n) is 5.70. The molecule has 1 N–H and O–H groups in total. The maximum absolute atomic E-state index is 14.3. The summed E-state index contributed by atoms with van der Waals surface area (Å²) < 4.78 is 14.3. The number of fused-ring (bicyclic) bond motifs is 3. The minimum atomic E-state index is -0.231. The first-order valence-corrected chi connectivity index (χ1v) is 7.59. The number of nitrogens with one attached hydrogen (secondary N) is 1. The van der Waals surface area contributed by atoms with Gasteiger partial charge in [-0.2, -0.15) is 0 Å². The predicted molar refractivity (Wildman–Crippen MR) is 84.2 cm³/mol. The molecule has 0 radical (unpaired) electrons. The molecule has 2 aromatic rings. The molecular weight excluding hydrogens is 285 g/mol. The maximum Gasteiger partial charge on any atom is 0.129 e. The van der Waals surface area contributed by atoms with Crippen LogP contribution in [0.3, 0.4) is 0 Å². The molecule has 0 unspecified atom stereocenters. The number of para-hydroxylation sites is 1. The van der Waals surface area contributed by atoms with E-state index in [1.165, 1.54) is 11.6 Å². The second kappa shape index (κ2) is 4.88. The minimum Gasteiger partial charge on any atom is -0.378 e. The van der Waals surface area contributed by atoms with Crippen molar-refractivity contribution in [2.75, 3.05) is 5.32 Å². The number of allylic oxidation sites excluding steroid dienone is 2. The van der Waals surface area contributed by atoms with Crippen molar-refractivity contribution in [3.63, 3.8) is 0 Å². The molecule has 1 aliphatic carbocycles. The van der Waals surface area contributed by atoms with Crippen molar-refractivity contribution >= 4 is 17.3 Å². The van der Waals surface area contributed by atoms with Gasteiger partial charge in [0.15, 0.2) is 0 Å². The number of halogens is 2. The first-order chi connectivity index (χ1) is 10.3. The van der Waals surface area contributed by atoms with E-state index in [-0.39, 0.29) is 11.9 Å². The van der Waals surface area contributed by atoms with Gasteiger partial charge >= 0.3 is 0 Å². The Balaban J connectivity index is 1.85. The van der Waals surface area contributed by atoms with E-state index in [0.29, 0.717) is 22.4 Å². The lowest BCUT2D eigenvalue weighted by Gasteiger charge is -2.37. The molecule has 0 bridgehead atoms. The number of hydrogen-bond donors (Lipinski definition) is 1. The summed E-state index contributed by atoms with van der Waals surface area (Å²) in [5.74, 6) is 0.419. The Bertz CT molecular complexity index is 705. The monoisotopic (exact) mass is 299 g/mol. The van der Waals surface area contributed by atoms with E-state index in [1.807, 2.05) is 6.07 Å². The van der Waals surface area contributed by atoms with Gasteiger partial charge in [-0.3, -0.25) is 0 Å². The molecule has 0 amide bonds. The average Bonchev–Trinajstić information content (AvgIpc) is 2.97. The highest BCUT2D eigenvalue weighted by atomic mass is 35.5. The van der Waals surface area contributed by atoms with E-state index >= 15 is 0 Å². The summed E-state index contributed by atoms with van der Waals surface area (Å²) in [5.41, 5.74) is 2.96. The zero-order chi connectivity index (χ0) is 14.4. The third-order valence-corrected chi connectivity index (χ3v) is 4.91. The summed E-state index contributed by atoms with van der Waals surface area (Å²) in [5, 5.41) is 4.00. The smallest absolute Gasteiger partial charge is 0.129 e. The van der Waals surface area contributed by atoms with Crippen LogP contribution in [0.5, 0.6) is 0 Å². The van der Waals surface area contributed by atoms with Crippen LogP contribution in [0.4, 0.5) is 10.1 Å². The van der Waals surface area contributed by atoms with E-state index in [2.05, 4.69) is 35.7 Å². The average molecular weight is 300 g/mol. The SMILES string of the molecule is Fc1cccc(Cl)c1[C@@H]1Nc2ccccc2[C@@H]2C=CC[C@@H]21. The fourth-order valence-corrected chi connectivity index (χ4v) is 3.92. The Morgan fingerprint density at radius 2 is 1.95 bits per heavy atom. The Labute approximate surface area is 128 Å². The molecule has 0 spiro atoms. The van der Waals surface area contributed by atoms with Crippen molar-refractivity contribution in [1.29, 1.82) is 0 Å². The van der Waals surface area contributed by atoms with Crippen molar-refractivity contribution < 1.29 is 4.39 Å². The lowest BCUT2D eigenvalue weighted by molar-refractivity contribution is 0.413. The Hall–Kier alpha value is -1.80. The highest BCUT2D eigenvalue weighted by molar-refractivity contribution is 6.31. The van der Waals surface area contributed by atoms with Crippen LogP contribution in [-0.4, -0.2) is 0 Å². The number of hydrogen-bond acceptors (Lipinski definition) is 1. The summed E-state index contributed by atoms with van der Waals surface area (Å²) in [7, 11) is 0. The van der Waals surface area contributed by atoms with Gasteiger partial charge in [0.05, 0.1) is 6.04 Å². The normalized spacial score (nSPS) is 26.1. The first kappa shape index (κ1) is 12.9. The molecule has 106 valence electrons. The fourth-order valence-electron chi connectivity index (χ4n) is 3.64. The van der Waals surface area contributed by atoms with E-state index < -0.39 is 0 Å². The lowest BCUT2D eigenvalue weighted by Crippen LogP contribution is -2.29. The van der Waals surface area contributed by atoms with Crippen molar-refractivity contribution in [2.45, 2.75) is 18.4 Å². The summed E-state index contributed by atoms with van der Waals surface area (Å²) >= 11 is 6.28. The van der Waals surface area contributed by atoms with Gasteiger partial charge in [-0.1, -0.05) is 48.0 Å². The fraction of sp³-hybridized carbons (Fsp3) is 0.222. The largest absolute Gasteiger partial charge is 0.378 e. The summed E-state index contributed by atoms with van der Waals surface area (Å²) in [6, 6.07) is 13.1. The molecule has 4 rings (SSSR count). The van der Waals surface area contributed by atoms with Crippen LogP contribution in [0.2, 0.25) is 5.02 Å². The van der Waals surface area contributed by atoms with Gasteiger partial charge in [0.25, 0.3) is 0 Å². The molecule has 0 fully saturated rings. The van der Waals surface area contributed by atoms with E-state index in [0.717, 1.165) is 12.1 Å². The van der Waals surface area contributed by atoms with Gasteiger partial charge < -0.3 is 5.32 Å². The highest BCUT2D eigenvalue weighted by Crippen LogP contribution is 2.50. The van der Waals surface area contributed by atoms with Crippen molar-refractivity contribution in [3.8, 4) is 0 Å². The van der Waals surface area contributed by atoms with Crippen LogP contribution in [0, 0.1) is 11.7 Å². The molecule has 2 aromatic carbocycles. The topological polar surface area (TPSA) is 12.0 Å². The van der Waals surface area contributed by atoms with Gasteiger partial charge in [-0.05, 0) is 36.1 Å². The van der Waals surface area contributed by atoms with Crippen molar-refractivity contribution in [3.05, 3.63) is 76.6 Å². The molecule has 3 heteroatoms. The lowest BCUT2D eigenvalue weighted by atomic mass is 9.77. The standard InChI is InChI=1S/C18H15ClFN/c19-14-8-4-9-15(20)17(14)18-13-7-3-6-11(13)12-5-1-2-10-16(12)21-18/h1-6,8-11,13,18,21H,7H2/t11-,13-,18+/m0/s1. The zero-order valence-electron chi connectivity index (χ0n) is 11.4. The van der Waals surface area contributed by atoms with Crippen molar-refractivity contribution in [1.82, 2.24) is 0 Å². The van der Waals surface area contributed by atoms with Crippen LogP contribution in [0.1, 0.15) is 29.5 Å². The van der Waals surface area contributed by atoms with Crippen LogP contribution >= 0.6 is 11.6 Å². The summed E-state index contributed by atoms with van der Waals surface area (Å²) in [6.45, 7) is 0. The molecule has 1 heterocycles. The number of benzene rings is 2. The third kappa shape index (κ3) is 1.97. The Morgan fingerprint density at radius 1 is 1.10 bits per heavy atom. The maximum atomic E-state index is 14.3. The zero-order valence-corrected chi connectivity index (χ0v) is 12.1. The summed E-state index contributed by atoms with van der Waals surface area (Å²) in [6.07, 6.45) is 5.38. The van der Waals surface area contributed by atoms with Crippen molar-refractivity contribution in [2.24, 2.45) is 5.92 Å². The molecule has 21 heavy (non-hydrogen) atoms. The Kier molecular flexibility index (Phi) is 3.00. The van der Waals surface area contributed by atoms with E-state index in [4.69, 9.17) is 11.6 Å². The molecular formula is C18H15ClFN. The predicted octanol–water partition coefficient (Wildman–Crippen LogP) is 5.31. The van der Waals surface area contributed by atoms with Crippen LogP contribution in [0.25, 0.3) is 0 Å².